The predicted molar refractivity (Wildman–Crippen MR) is 148 cm³/mol. The number of carbonyl (C=O) groups is 1. The number of nitrogens with zero attached hydrogens (tertiary/aromatic N) is 3. The molecule has 0 unspecified atom stereocenters. The van der Waals surface area contributed by atoms with E-state index in [1.54, 1.807) is 35.0 Å². The molecule has 194 valence electrons. The number of aromatic nitrogens is 3. The second-order valence-electron chi connectivity index (χ2n) is 10.6. The molecule has 6 nitrogen and oxygen atoms in total. The summed E-state index contributed by atoms with van der Waals surface area (Å²) in [5.41, 5.74) is 4.08. The maximum Gasteiger partial charge on any atom is 0.274 e. The van der Waals surface area contributed by atoms with Gasteiger partial charge in [-0.1, -0.05) is 24.6 Å². The van der Waals surface area contributed by atoms with Crippen molar-refractivity contribution in [2.24, 2.45) is 5.41 Å². The summed E-state index contributed by atoms with van der Waals surface area (Å²) in [5, 5.41) is 4.97. The molecule has 2 saturated carbocycles. The molecule has 0 radical (unpaired) electrons. The summed E-state index contributed by atoms with van der Waals surface area (Å²) in [6, 6.07) is 8.51. The zero-order valence-corrected chi connectivity index (χ0v) is 22.8. The first-order chi connectivity index (χ1) is 18.2. The monoisotopic (exact) mass is 548 g/mol. The number of halogens is 2. The van der Waals surface area contributed by atoms with Crippen LogP contribution in [-0.2, 0) is 4.79 Å². The van der Waals surface area contributed by atoms with Crippen LogP contribution in [0.1, 0.15) is 60.4 Å². The summed E-state index contributed by atoms with van der Waals surface area (Å²) in [4.78, 5) is 30.5. The Morgan fingerprint density at radius 1 is 1.21 bits per heavy atom. The molecule has 0 saturated heterocycles. The smallest absolute Gasteiger partial charge is 0.274 e. The van der Waals surface area contributed by atoms with Gasteiger partial charge < -0.3 is 5.32 Å². The molecule has 1 N–H and O–H groups in total. The minimum absolute atomic E-state index is 0.116. The lowest BCUT2D eigenvalue weighted by Gasteiger charge is -2.17. The Kier molecular flexibility index (Phi) is 6.00. The van der Waals surface area contributed by atoms with E-state index in [0.29, 0.717) is 17.3 Å². The molecule has 0 spiro atoms. The van der Waals surface area contributed by atoms with Gasteiger partial charge in [0.25, 0.3) is 5.56 Å². The number of benzene rings is 1. The van der Waals surface area contributed by atoms with Gasteiger partial charge in [-0.05, 0) is 97.4 Å². The van der Waals surface area contributed by atoms with E-state index >= 15 is 4.39 Å². The highest BCUT2D eigenvalue weighted by Crippen LogP contribution is 2.56. The molecule has 2 fully saturated rings. The molecule has 38 heavy (non-hydrogen) atoms. The van der Waals surface area contributed by atoms with Crippen molar-refractivity contribution in [3.8, 4) is 16.9 Å². The predicted octanol–water partition coefficient (Wildman–Crippen LogP) is 6.78. The molecular weight excluding hydrogens is 523 g/mol. The van der Waals surface area contributed by atoms with Crippen LogP contribution in [0.2, 0.25) is 5.02 Å². The minimum atomic E-state index is -0.562. The average molecular weight is 549 g/mol. The van der Waals surface area contributed by atoms with E-state index in [2.05, 4.69) is 14.7 Å². The molecule has 1 aromatic carbocycles. The second-order valence-corrected chi connectivity index (χ2v) is 11.7. The molecule has 1 amide bonds. The Bertz CT molecular complexity index is 1650. The zero-order chi connectivity index (χ0) is 26.8. The lowest BCUT2D eigenvalue weighted by molar-refractivity contribution is -0.120. The van der Waals surface area contributed by atoms with E-state index in [1.807, 2.05) is 38.4 Å². The summed E-state index contributed by atoms with van der Waals surface area (Å²) >= 11 is 8.09. The lowest BCUT2D eigenvalue weighted by atomic mass is 10.0. The second kappa shape index (κ2) is 9.13. The van der Waals surface area contributed by atoms with Gasteiger partial charge in [-0.2, -0.15) is 0 Å². The highest BCUT2D eigenvalue weighted by atomic mass is 35.5. The molecule has 0 bridgehead atoms. The maximum atomic E-state index is 15.5. The van der Waals surface area contributed by atoms with Crippen LogP contribution >= 0.6 is 23.1 Å². The van der Waals surface area contributed by atoms with Crippen molar-refractivity contribution < 1.29 is 9.18 Å². The molecule has 2 aliphatic carbocycles. The summed E-state index contributed by atoms with van der Waals surface area (Å²) in [6.45, 7) is 5.60. The van der Waals surface area contributed by atoms with Crippen molar-refractivity contribution in [2.75, 3.05) is 5.32 Å². The van der Waals surface area contributed by atoms with Crippen LogP contribution in [0, 0.1) is 25.1 Å². The van der Waals surface area contributed by atoms with Gasteiger partial charge >= 0.3 is 0 Å². The van der Waals surface area contributed by atoms with Gasteiger partial charge in [0, 0.05) is 34.4 Å². The number of nitrogens with one attached hydrogen (secondary N) is 1. The van der Waals surface area contributed by atoms with Gasteiger partial charge in [0.1, 0.15) is 5.02 Å². The average Bonchev–Trinajstić information content (AvgIpc) is 3.80. The Morgan fingerprint density at radius 2 is 2.00 bits per heavy atom. The third kappa shape index (κ3) is 4.25. The first-order valence-electron chi connectivity index (χ1n) is 12.6. The van der Waals surface area contributed by atoms with Crippen molar-refractivity contribution in [2.45, 2.75) is 51.9 Å². The quantitative estimate of drug-likeness (QED) is 0.288. The number of hydrogen-bond acceptors (Lipinski definition) is 5. The molecule has 9 heteroatoms. The van der Waals surface area contributed by atoms with Gasteiger partial charge in [0.2, 0.25) is 5.91 Å². The Balaban J connectivity index is 1.36. The Morgan fingerprint density at radius 3 is 2.71 bits per heavy atom. The molecule has 2 aliphatic rings. The molecule has 3 aromatic heterocycles. The van der Waals surface area contributed by atoms with Crippen LogP contribution in [0.5, 0.6) is 0 Å². The Labute approximate surface area is 228 Å². The molecule has 6 rings (SSSR count). The van der Waals surface area contributed by atoms with Gasteiger partial charge in [-0.25, -0.2) is 8.76 Å². The third-order valence-electron chi connectivity index (χ3n) is 7.82. The standard InChI is InChI=1S/C29H26ClFN4O2S/c1-15-12-32-23(18-5-4-6-22(26(18)31)34-28(37)29(3)7-8-29)11-24(15)35-16(2)9-21(25(30)27(35)36)20-10-19(20)17-13-33-38-14-17/h4-6,9,11-14,19-20H,7-8,10H2,1-3H3,(H,34,37)/t19-,20+/m1/s1. The number of aryl methyl sites for hydroxylation is 2. The topological polar surface area (TPSA) is 76.9 Å². The minimum Gasteiger partial charge on any atom is -0.323 e. The van der Waals surface area contributed by atoms with Crippen LogP contribution in [0.25, 0.3) is 16.9 Å². The fourth-order valence-electron chi connectivity index (χ4n) is 5.02. The van der Waals surface area contributed by atoms with Crippen molar-refractivity contribution in [1.82, 2.24) is 13.9 Å². The SMILES string of the molecule is Cc1cnc(-c2cccc(NC(=O)C3(C)CC3)c2F)cc1-n1c(C)cc([C@H]2C[C@@H]2c2cnsc2)c(Cl)c1=O. The van der Waals surface area contributed by atoms with E-state index < -0.39 is 11.2 Å². The van der Waals surface area contributed by atoms with E-state index in [-0.39, 0.29) is 33.7 Å². The van der Waals surface area contributed by atoms with Crippen molar-refractivity contribution in [1.29, 1.82) is 0 Å². The van der Waals surface area contributed by atoms with E-state index in [4.69, 9.17) is 11.6 Å². The van der Waals surface area contributed by atoms with E-state index in [9.17, 15) is 9.59 Å². The van der Waals surface area contributed by atoms with Crippen LogP contribution in [0.3, 0.4) is 0 Å². The van der Waals surface area contributed by atoms with Crippen molar-refractivity contribution in [3.63, 3.8) is 0 Å². The first kappa shape index (κ1) is 24.9. The highest BCUT2D eigenvalue weighted by molar-refractivity contribution is 7.03. The molecule has 4 aromatic rings. The van der Waals surface area contributed by atoms with Gasteiger partial charge in [-0.3, -0.25) is 19.1 Å². The normalized spacial score (nSPS) is 19.3. The molecule has 0 aliphatic heterocycles. The van der Waals surface area contributed by atoms with Crippen LogP contribution in [0.15, 0.2) is 52.9 Å². The van der Waals surface area contributed by atoms with Crippen LogP contribution in [0.4, 0.5) is 10.1 Å². The van der Waals surface area contributed by atoms with Gasteiger partial charge in [0.15, 0.2) is 5.82 Å². The molecular formula is C29H26ClFN4O2S. The number of anilines is 1. The largest absolute Gasteiger partial charge is 0.323 e. The molecule has 2 atom stereocenters. The van der Waals surface area contributed by atoms with Gasteiger partial charge in [0.05, 0.1) is 17.1 Å². The number of hydrogen-bond donors (Lipinski definition) is 1. The number of rotatable bonds is 6. The molecule has 3 heterocycles. The van der Waals surface area contributed by atoms with Crippen LogP contribution in [-0.4, -0.2) is 19.8 Å². The third-order valence-corrected chi connectivity index (χ3v) is 8.80. The summed E-state index contributed by atoms with van der Waals surface area (Å²) in [5.74, 6) is -0.226. The van der Waals surface area contributed by atoms with E-state index in [1.165, 1.54) is 17.1 Å². The summed E-state index contributed by atoms with van der Waals surface area (Å²) < 4.78 is 21.3. The fraction of sp³-hybridized carbons (Fsp3) is 0.310. The number of amides is 1. The van der Waals surface area contributed by atoms with Crippen molar-refractivity contribution in [3.05, 3.63) is 91.7 Å². The fourth-order valence-corrected chi connectivity index (χ4v) is 5.90. The van der Waals surface area contributed by atoms with E-state index in [0.717, 1.165) is 36.1 Å². The number of pyridine rings is 2. The van der Waals surface area contributed by atoms with Gasteiger partial charge in [-0.15, -0.1) is 0 Å². The summed E-state index contributed by atoms with van der Waals surface area (Å²) in [7, 11) is 0. The Hall–Kier alpha value is -3.36. The zero-order valence-electron chi connectivity index (χ0n) is 21.2. The first-order valence-corrected chi connectivity index (χ1v) is 13.8. The van der Waals surface area contributed by atoms with Crippen LogP contribution < -0.4 is 10.9 Å². The number of carbonyl (C=O) groups excluding carboxylic acids is 1. The highest BCUT2D eigenvalue weighted by Gasteiger charge is 2.45. The van der Waals surface area contributed by atoms with Crippen molar-refractivity contribution >= 4 is 34.7 Å². The maximum absolute atomic E-state index is 15.5. The summed E-state index contributed by atoms with van der Waals surface area (Å²) in [6.07, 6.45) is 6.03. The lowest BCUT2D eigenvalue weighted by Crippen LogP contribution is -2.23.